The lowest BCUT2D eigenvalue weighted by Crippen LogP contribution is -2.01. The normalized spacial score (nSPS) is 11.1. The Kier molecular flexibility index (Phi) is 4.83. The Hall–Kier alpha value is -2.83. The summed E-state index contributed by atoms with van der Waals surface area (Å²) in [6.07, 6.45) is 8.35. The lowest BCUT2D eigenvalue weighted by molar-refractivity contribution is 0.420. The van der Waals surface area contributed by atoms with E-state index in [2.05, 4.69) is 20.9 Å². The summed E-state index contributed by atoms with van der Waals surface area (Å²) in [5.74, 6) is 3.85. The van der Waals surface area contributed by atoms with Crippen LogP contribution in [0.4, 0.5) is 5.82 Å². The minimum Gasteiger partial charge on any atom is -0.495 e. The number of nitrogens with two attached hydrogens (primary N) is 1. The predicted molar refractivity (Wildman–Crippen MR) is 108 cm³/mol. The summed E-state index contributed by atoms with van der Waals surface area (Å²) in [4.78, 5) is 17.8. The van der Waals surface area contributed by atoms with Crippen LogP contribution in [-0.2, 0) is 6.54 Å². The van der Waals surface area contributed by atoms with Crippen molar-refractivity contribution >= 4 is 50.3 Å². The summed E-state index contributed by atoms with van der Waals surface area (Å²) in [7, 11) is 1.66. The fraction of sp³-hybridized carbons (Fsp3) is 0.222. The highest BCUT2D eigenvalue weighted by Crippen LogP contribution is 2.39. The van der Waals surface area contributed by atoms with E-state index in [-0.39, 0.29) is 0 Å². The van der Waals surface area contributed by atoms with Gasteiger partial charge < -0.3 is 15.0 Å². The van der Waals surface area contributed by atoms with Crippen molar-refractivity contribution in [1.82, 2.24) is 24.5 Å². The molecule has 9 heteroatoms. The highest BCUT2D eigenvalue weighted by atomic mass is 32.2. The summed E-state index contributed by atoms with van der Waals surface area (Å²) in [5.41, 5.74) is 8.19. The minimum atomic E-state index is 0.364. The molecule has 0 bridgehead atoms. The Morgan fingerprint density at radius 3 is 3.04 bits per heavy atom. The van der Waals surface area contributed by atoms with Gasteiger partial charge in [-0.15, -0.1) is 23.7 Å². The van der Waals surface area contributed by atoms with Crippen molar-refractivity contribution in [2.24, 2.45) is 0 Å². The van der Waals surface area contributed by atoms with Gasteiger partial charge in [0.05, 0.1) is 17.3 Å². The van der Waals surface area contributed by atoms with E-state index in [1.54, 1.807) is 18.4 Å². The second-order valence-electron chi connectivity index (χ2n) is 5.68. The van der Waals surface area contributed by atoms with Gasteiger partial charge in [0.15, 0.2) is 26.5 Å². The summed E-state index contributed by atoms with van der Waals surface area (Å²) < 4.78 is 9.34. The molecule has 0 radical (unpaired) electrons. The smallest absolute Gasteiger partial charge is 0.177 e. The van der Waals surface area contributed by atoms with Crippen LogP contribution in [0.2, 0.25) is 0 Å². The summed E-state index contributed by atoms with van der Waals surface area (Å²) >= 11 is 3.05. The van der Waals surface area contributed by atoms with Crippen LogP contribution in [0.25, 0.3) is 21.4 Å². The van der Waals surface area contributed by atoms with Gasteiger partial charge in [0.25, 0.3) is 0 Å². The summed E-state index contributed by atoms with van der Waals surface area (Å²) in [6.45, 7) is 0.702. The summed E-state index contributed by atoms with van der Waals surface area (Å²) in [6, 6.07) is 5.83. The van der Waals surface area contributed by atoms with Crippen LogP contribution in [-0.4, -0.2) is 31.6 Å². The first-order chi connectivity index (χ1) is 13.2. The van der Waals surface area contributed by atoms with E-state index in [0.717, 1.165) is 31.9 Å². The molecular weight excluding hydrogens is 380 g/mol. The molecule has 27 heavy (non-hydrogen) atoms. The number of imidazole rings is 1. The van der Waals surface area contributed by atoms with Crippen molar-refractivity contribution in [2.75, 3.05) is 12.8 Å². The third-order valence-electron chi connectivity index (χ3n) is 3.99. The number of terminal acetylenes is 1. The van der Waals surface area contributed by atoms with E-state index in [1.165, 1.54) is 18.1 Å². The number of aromatic nitrogens is 5. The zero-order valence-electron chi connectivity index (χ0n) is 14.5. The third-order valence-corrected chi connectivity index (χ3v) is 6.13. The number of anilines is 1. The Bertz CT molecular complexity index is 1160. The van der Waals surface area contributed by atoms with Crippen LogP contribution in [0.3, 0.4) is 0 Å². The van der Waals surface area contributed by atoms with Crippen molar-refractivity contribution in [3.8, 4) is 18.1 Å². The predicted octanol–water partition coefficient (Wildman–Crippen LogP) is 3.59. The van der Waals surface area contributed by atoms with E-state index < -0.39 is 0 Å². The number of nitrogen functional groups attached to an aromatic ring is 1. The van der Waals surface area contributed by atoms with Crippen LogP contribution >= 0.6 is 23.1 Å². The van der Waals surface area contributed by atoms with Crippen LogP contribution in [0.1, 0.15) is 12.8 Å². The van der Waals surface area contributed by atoms with Gasteiger partial charge in [0.1, 0.15) is 12.1 Å². The quantitative estimate of drug-likeness (QED) is 0.393. The van der Waals surface area contributed by atoms with Gasteiger partial charge in [-0.25, -0.2) is 19.9 Å². The third kappa shape index (κ3) is 3.29. The Morgan fingerprint density at radius 1 is 1.33 bits per heavy atom. The molecule has 0 aliphatic heterocycles. The monoisotopic (exact) mass is 396 g/mol. The van der Waals surface area contributed by atoms with Gasteiger partial charge >= 0.3 is 0 Å². The SMILES string of the molecule is C#CCCCn1c(Sc2nc3cccc(OC)c3s2)nc2c(N)ncnc21. The zero-order chi connectivity index (χ0) is 18.8. The first-order valence-electron chi connectivity index (χ1n) is 8.23. The molecule has 1 aromatic carbocycles. The largest absolute Gasteiger partial charge is 0.495 e. The lowest BCUT2D eigenvalue weighted by Gasteiger charge is -2.05. The molecule has 0 unspecified atom stereocenters. The fourth-order valence-corrected chi connectivity index (χ4v) is 4.89. The first-order valence-corrected chi connectivity index (χ1v) is 9.86. The molecule has 0 saturated carbocycles. The summed E-state index contributed by atoms with van der Waals surface area (Å²) in [5, 5.41) is 0.771. The van der Waals surface area contributed by atoms with Gasteiger partial charge in [-0.05, 0) is 30.3 Å². The lowest BCUT2D eigenvalue weighted by atomic mass is 10.3. The molecule has 4 rings (SSSR count). The average Bonchev–Trinajstić information content (AvgIpc) is 3.24. The Balaban J connectivity index is 1.76. The van der Waals surface area contributed by atoms with Gasteiger partial charge in [-0.1, -0.05) is 6.07 Å². The molecule has 3 heterocycles. The van der Waals surface area contributed by atoms with Gasteiger partial charge in [0, 0.05) is 13.0 Å². The maximum Gasteiger partial charge on any atom is 0.177 e. The standard InChI is InChI=1S/C18H16N6OS2/c1-3-4-5-9-24-16-13(15(19)20-10-21-16)23-17(24)27-18-22-11-7-6-8-12(25-2)14(11)26-18/h1,6-8,10H,4-5,9H2,2H3,(H2,19,20,21). The topological polar surface area (TPSA) is 91.7 Å². The second-order valence-corrected chi connectivity index (χ2v) is 7.89. The Morgan fingerprint density at radius 2 is 2.22 bits per heavy atom. The highest BCUT2D eigenvalue weighted by molar-refractivity contribution is 8.01. The van der Waals surface area contributed by atoms with Crippen molar-refractivity contribution in [3.63, 3.8) is 0 Å². The fourth-order valence-electron chi connectivity index (χ4n) is 2.74. The van der Waals surface area contributed by atoms with Gasteiger partial charge in [-0.2, -0.15) is 0 Å². The van der Waals surface area contributed by atoms with Crippen LogP contribution in [0.5, 0.6) is 5.75 Å². The maximum atomic E-state index is 5.99. The number of ether oxygens (including phenoxy) is 1. The number of fused-ring (bicyclic) bond motifs is 2. The number of rotatable bonds is 6. The molecule has 7 nitrogen and oxygen atoms in total. The van der Waals surface area contributed by atoms with Gasteiger partial charge in [-0.3, -0.25) is 0 Å². The molecule has 3 aromatic heterocycles. The molecule has 0 aliphatic carbocycles. The number of benzene rings is 1. The highest BCUT2D eigenvalue weighted by Gasteiger charge is 2.18. The molecule has 136 valence electrons. The average molecular weight is 397 g/mol. The minimum absolute atomic E-state index is 0.364. The molecule has 4 aromatic rings. The van der Waals surface area contributed by atoms with E-state index in [0.29, 0.717) is 29.9 Å². The van der Waals surface area contributed by atoms with Crippen molar-refractivity contribution < 1.29 is 4.74 Å². The number of nitrogens with zero attached hydrogens (tertiary/aromatic N) is 5. The number of hydrogen-bond acceptors (Lipinski definition) is 8. The molecular formula is C18H16N6OS2. The number of unbranched alkanes of at least 4 members (excludes halogenated alkanes) is 1. The van der Waals surface area contributed by atoms with E-state index in [1.807, 2.05) is 22.8 Å². The van der Waals surface area contributed by atoms with Crippen LogP contribution in [0, 0.1) is 12.3 Å². The number of methoxy groups -OCH3 is 1. The van der Waals surface area contributed by atoms with Crippen molar-refractivity contribution in [1.29, 1.82) is 0 Å². The molecule has 0 spiro atoms. The molecule has 0 amide bonds. The number of aryl methyl sites for hydroxylation is 1. The van der Waals surface area contributed by atoms with E-state index >= 15 is 0 Å². The number of hydrogen-bond donors (Lipinski definition) is 1. The van der Waals surface area contributed by atoms with Crippen LogP contribution in [0.15, 0.2) is 34.0 Å². The van der Waals surface area contributed by atoms with Crippen molar-refractivity contribution in [3.05, 3.63) is 24.5 Å². The molecule has 0 fully saturated rings. The van der Waals surface area contributed by atoms with Gasteiger partial charge in [0.2, 0.25) is 0 Å². The maximum absolute atomic E-state index is 5.99. The second kappa shape index (κ2) is 7.42. The molecule has 0 saturated heterocycles. The van der Waals surface area contributed by atoms with E-state index in [4.69, 9.17) is 21.9 Å². The molecule has 0 aliphatic rings. The zero-order valence-corrected chi connectivity index (χ0v) is 16.2. The van der Waals surface area contributed by atoms with Crippen molar-refractivity contribution in [2.45, 2.75) is 28.9 Å². The van der Waals surface area contributed by atoms with E-state index in [9.17, 15) is 0 Å². The van der Waals surface area contributed by atoms with Crippen LogP contribution < -0.4 is 10.5 Å². The molecule has 2 N–H and O–H groups in total. The molecule has 0 atom stereocenters. The number of thiazole rings is 1. The Labute approximate surface area is 164 Å². The first kappa shape index (κ1) is 17.6.